The molecule has 0 aliphatic rings. The molecular formula is C13H11Cl2N. The Labute approximate surface area is 105 Å². The molecule has 0 radical (unpaired) electrons. The number of hydrogen-bond acceptors (Lipinski definition) is 1. The van der Waals surface area contributed by atoms with Gasteiger partial charge in [-0.15, -0.1) is 11.6 Å². The Morgan fingerprint density at radius 2 is 1.88 bits per heavy atom. The van der Waals surface area contributed by atoms with Crippen LogP contribution in [0.5, 0.6) is 0 Å². The Hall–Kier alpha value is -1.05. The molecule has 1 heterocycles. The maximum absolute atomic E-state index is 6.06. The third-order valence-electron chi connectivity index (χ3n) is 2.43. The van der Waals surface area contributed by atoms with E-state index in [-0.39, 0.29) is 0 Å². The maximum Gasteiger partial charge on any atom is 0.134 e. The molecular weight excluding hydrogens is 241 g/mol. The van der Waals surface area contributed by atoms with Crippen LogP contribution in [0.4, 0.5) is 0 Å². The number of rotatable bonds is 2. The first kappa shape index (κ1) is 11.4. The highest BCUT2D eigenvalue weighted by atomic mass is 35.5. The van der Waals surface area contributed by atoms with Crippen LogP contribution >= 0.6 is 23.2 Å². The van der Waals surface area contributed by atoms with E-state index in [1.807, 2.05) is 43.3 Å². The van der Waals surface area contributed by atoms with Crippen molar-refractivity contribution < 1.29 is 0 Å². The molecule has 0 fully saturated rings. The van der Waals surface area contributed by atoms with Crippen LogP contribution in [-0.2, 0) is 5.88 Å². The van der Waals surface area contributed by atoms with Crippen molar-refractivity contribution in [1.82, 2.24) is 4.98 Å². The Balaban J connectivity index is 2.55. The van der Waals surface area contributed by atoms with Gasteiger partial charge in [0.15, 0.2) is 0 Å². The van der Waals surface area contributed by atoms with Crippen molar-refractivity contribution in [2.24, 2.45) is 0 Å². The normalized spacial score (nSPS) is 10.4. The molecule has 82 valence electrons. The molecule has 0 spiro atoms. The first-order valence-electron chi connectivity index (χ1n) is 5.00. The van der Waals surface area contributed by atoms with Crippen molar-refractivity contribution in [1.29, 1.82) is 0 Å². The molecule has 0 bridgehead atoms. The van der Waals surface area contributed by atoms with Crippen LogP contribution in [-0.4, -0.2) is 4.98 Å². The van der Waals surface area contributed by atoms with Crippen molar-refractivity contribution in [2.75, 3.05) is 0 Å². The summed E-state index contributed by atoms with van der Waals surface area (Å²) in [4.78, 5) is 4.39. The van der Waals surface area contributed by atoms with E-state index < -0.39 is 0 Å². The van der Waals surface area contributed by atoms with Crippen LogP contribution in [0.3, 0.4) is 0 Å². The van der Waals surface area contributed by atoms with Crippen molar-refractivity contribution in [3.63, 3.8) is 0 Å². The summed E-state index contributed by atoms with van der Waals surface area (Å²) in [5.74, 6) is 0.391. The smallest absolute Gasteiger partial charge is 0.134 e. The van der Waals surface area contributed by atoms with Gasteiger partial charge in [-0.05, 0) is 18.6 Å². The Bertz CT molecular complexity index is 495. The highest BCUT2D eigenvalue weighted by Gasteiger charge is 2.08. The molecule has 0 saturated heterocycles. The molecule has 2 rings (SSSR count). The first-order valence-corrected chi connectivity index (χ1v) is 5.91. The van der Waals surface area contributed by atoms with Crippen molar-refractivity contribution in [3.8, 4) is 11.3 Å². The summed E-state index contributed by atoms with van der Waals surface area (Å²) in [7, 11) is 0. The molecule has 2 aromatic rings. The minimum absolute atomic E-state index is 0.391. The van der Waals surface area contributed by atoms with Crippen molar-refractivity contribution in [3.05, 3.63) is 52.7 Å². The lowest BCUT2D eigenvalue weighted by Gasteiger charge is -2.08. The van der Waals surface area contributed by atoms with Gasteiger partial charge in [0, 0.05) is 11.1 Å². The molecule has 0 unspecified atom stereocenters. The predicted molar refractivity (Wildman–Crippen MR) is 69.0 cm³/mol. The lowest BCUT2D eigenvalue weighted by Crippen LogP contribution is -1.93. The van der Waals surface area contributed by atoms with Gasteiger partial charge in [-0.1, -0.05) is 41.9 Å². The van der Waals surface area contributed by atoms with Crippen molar-refractivity contribution in [2.45, 2.75) is 12.8 Å². The van der Waals surface area contributed by atoms with Gasteiger partial charge in [0.2, 0.25) is 0 Å². The summed E-state index contributed by atoms with van der Waals surface area (Å²) >= 11 is 11.8. The van der Waals surface area contributed by atoms with Crippen LogP contribution < -0.4 is 0 Å². The minimum Gasteiger partial charge on any atom is -0.235 e. The molecule has 0 aliphatic carbocycles. The van der Waals surface area contributed by atoms with Gasteiger partial charge < -0.3 is 0 Å². The molecule has 16 heavy (non-hydrogen) atoms. The van der Waals surface area contributed by atoms with Gasteiger partial charge >= 0.3 is 0 Å². The zero-order valence-corrected chi connectivity index (χ0v) is 10.4. The number of hydrogen-bond donors (Lipinski definition) is 0. The number of aryl methyl sites for hydroxylation is 1. The number of nitrogens with zero attached hydrogens (tertiary/aromatic N) is 1. The van der Waals surface area contributed by atoms with Crippen LogP contribution in [0, 0.1) is 6.92 Å². The van der Waals surface area contributed by atoms with E-state index >= 15 is 0 Å². The van der Waals surface area contributed by atoms with Gasteiger partial charge in [-0.25, -0.2) is 4.98 Å². The van der Waals surface area contributed by atoms with E-state index in [0.717, 1.165) is 22.4 Å². The van der Waals surface area contributed by atoms with Gasteiger partial charge in [0.25, 0.3) is 0 Å². The summed E-state index contributed by atoms with van der Waals surface area (Å²) in [5.41, 5.74) is 3.95. The monoisotopic (exact) mass is 251 g/mol. The van der Waals surface area contributed by atoms with E-state index in [1.165, 1.54) is 0 Å². The van der Waals surface area contributed by atoms with Gasteiger partial charge in [-0.3, -0.25) is 0 Å². The molecule has 0 aliphatic heterocycles. The van der Waals surface area contributed by atoms with Crippen LogP contribution in [0.1, 0.15) is 11.1 Å². The topological polar surface area (TPSA) is 12.9 Å². The second kappa shape index (κ2) is 4.86. The third kappa shape index (κ3) is 2.21. The first-order chi connectivity index (χ1) is 7.72. The third-order valence-corrected chi connectivity index (χ3v) is 3.05. The average molecular weight is 252 g/mol. The highest BCUT2D eigenvalue weighted by molar-refractivity contribution is 6.31. The summed E-state index contributed by atoms with van der Waals surface area (Å²) in [6.07, 6.45) is 0. The fraction of sp³-hybridized carbons (Fsp3) is 0.154. The van der Waals surface area contributed by atoms with E-state index in [1.54, 1.807) is 0 Å². The molecule has 0 N–H and O–H groups in total. The quantitative estimate of drug-likeness (QED) is 0.568. The summed E-state index contributed by atoms with van der Waals surface area (Å²) in [6, 6.07) is 12.0. The Kier molecular flexibility index (Phi) is 3.47. The van der Waals surface area contributed by atoms with Gasteiger partial charge in [0.1, 0.15) is 5.15 Å². The van der Waals surface area contributed by atoms with E-state index in [4.69, 9.17) is 23.2 Å². The molecule has 1 aromatic heterocycles. The zero-order chi connectivity index (χ0) is 11.5. The van der Waals surface area contributed by atoms with Crippen LogP contribution in [0.15, 0.2) is 36.4 Å². The average Bonchev–Trinajstić information content (AvgIpc) is 2.32. The van der Waals surface area contributed by atoms with Crippen LogP contribution in [0.25, 0.3) is 11.3 Å². The lowest BCUT2D eigenvalue weighted by atomic mass is 10.1. The standard InChI is InChI=1S/C13H11Cl2N/c1-9-7-11(8-14)13(15)16-12(9)10-5-3-2-4-6-10/h2-7H,8H2,1H3. The van der Waals surface area contributed by atoms with E-state index in [0.29, 0.717) is 11.0 Å². The van der Waals surface area contributed by atoms with Gasteiger partial charge in [0.05, 0.1) is 11.6 Å². The summed E-state index contributed by atoms with van der Waals surface area (Å²) in [5, 5.41) is 0.486. The summed E-state index contributed by atoms with van der Waals surface area (Å²) in [6.45, 7) is 2.02. The maximum atomic E-state index is 6.06. The van der Waals surface area contributed by atoms with Crippen molar-refractivity contribution >= 4 is 23.2 Å². The SMILES string of the molecule is Cc1cc(CCl)c(Cl)nc1-c1ccccc1. The molecule has 3 heteroatoms. The second-order valence-electron chi connectivity index (χ2n) is 3.60. The molecule has 1 nitrogen and oxygen atoms in total. The number of alkyl halides is 1. The Morgan fingerprint density at radius 3 is 2.50 bits per heavy atom. The lowest BCUT2D eigenvalue weighted by molar-refractivity contribution is 1.21. The molecule has 0 amide bonds. The minimum atomic E-state index is 0.391. The number of pyridine rings is 1. The number of aromatic nitrogens is 1. The Morgan fingerprint density at radius 1 is 1.19 bits per heavy atom. The molecule has 0 atom stereocenters. The van der Waals surface area contributed by atoms with E-state index in [9.17, 15) is 0 Å². The predicted octanol–water partition coefficient (Wildman–Crippen LogP) is 4.45. The molecule has 0 saturated carbocycles. The van der Waals surface area contributed by atoms with Gasteiger partial charge in [-0.2, -0.15) is 0 Å². The fourth-order valence-corrected chi connectivity index (χ4v) is 2.11. The number of benzene rings is 1. The largest absolute Gasteiger partial charge is 0.235 e. The fourth-order valence-electron chi connectivity index (χ4n) is 1.63. The summed E-state index contributed by atoms with van der Waals surface area (Å²) < 4.78 is 0. The molecule has 1 aromatic carbocycles. The number of halogens is 2. The van der Waals surface area contributed by atoms with Crippen LogP contribution in [0.2, 0.25) is 5.15 Å². The zero-order valence-electron chi connectivity index (χ0n) is 8.87. The highest BCUT2D eigenvalue weighted by Crippen LogP contribution is 2.26. The van der Waals surface area contributed by atoms with E-state index in [2.05, 4.69) is 4.98 Å². The second-order valence-corrected chi connectivity index (χ2v) is 4.23.